The van der Waals surface area contributed by atoms with Crippen molar-refractivity contribution in [2.45, 2.75) is 20.3 Å². The average molecular weight is 412 g/mol. The minimum Gasteiger partial charge on any atom is -0.355 e. The lowest BCUT2D eigenvalue weighted by atomic mass is 9.86. The lowest BCUT2D eigenvalue weighted by Gasteiger charge is -2.22. The minimum atomic E-state index is 0.958. The fourth-order valence-corrected chi connectivity index (χ4v) is 5.25. The van der Waals surface area contributed by atoms with Crippen LogP contribution < -0.4 is 5.32 Å². The van der Waals surface area contributed by atoms with Gasteiger partial charge in [0, 0.05) is 23.2 Å². The van der Waals surface area contributed by atoms with Crippen LogP contribution >= 0.6 is 0 Å². The Hall–Kier alpha value is -3.84. The van der Waals surface area contributed by atoms with Crippen molar-refractivity contribution in [2.24, 2.45) is 0 Å². The maximum absolute atomic E-state index is 3.87. The summed E-state index contributed by atoms with van der Waals surface area (Å²) >= 11 is 0. The maximum atomic E-state index is 3.87. The Morgan fingerprint density at radius 2 is 1.34 bits per heavy atom. The van der Waals surface area contributed by atoms with Crippen molar-refractivity contribution in [3.8, 4) is 22.3 Å². The second-order valence-electron chi connectivity index (χ2n) is 8.71. The van der Waals surface area contributed by atoms with Gasteiger partial charge in [-0.1, -0.05) is 91.0 Å². The molecule has 0 saturated heterocycles. The summed E-state index contributed by atoms with van der Waals surface area (Å²) in [6.07, 6.45) is 0.958. The van der Waals surface area contributed by atoms with Crippen molar-refractivity contribution in [3.05, 3.63) is 119 Å². The third-order valence-corrected chi connectivity index (χ3v) is 6.93. The molecule has 0 bridgehead atoms. The summed E-state index contributed by atoms with van der Waals surface area (Å²) < 4.78 is 0. The molecular formula is C31H25N. The highest BCUT2D eigenvalue weighted by Crippen LogP contribution is 2.50. The molecule has 1 heteroatoms. The van der Waals surface area contributed by atoms with Crippen LogP contribution in [-0.4, -0.2) is 0 Å². The quantitative estimate of drug-likeness (QED) is 0.308. The molecule has 0 spiro atoms. The third-order valence-electron chi connectivity index (χ3n) is 6.93. The van der Waals surface area contributed by atoms with Crippen LogP contribution in [0.5, 0.6) is 0 Å². The van der Waals surface area contributed by atoms with Crippen LogP contribution in [-0.2, 0) is 6.42 Å². The standard InChI is InChI=1S/C31H25N/c1-20-21(2)31(32-28-18-10-15-22-11-6-8-16-25(22)28)27-19-24-14-7-9-17-26(24)30(27)29(20)23-12-4-3-5-13-23/h3-18,32H,19H2,1-2H3. The van der Waals surface area contributed by atoms with Gasteiger partial charge in [-0.2, -0.15) is 0 Å². The van der Waals surface area contributed by atoms with Crippen molar-refractivity contribution in [1.29, 1.82) is 0 Å². The SMILES string of the molecule is Cc1c(C)c(-c2ccccc2)c2c(c1Nc1cccc3ccccc13)Cc1ccccc1-2. The van der Waals surface area contributed by atoms with Crippen LogP contribution in [0.15, 0.2) is 97.1 Å². The first-order valence-electron chi connectivity index (χ1n) is 11.3. The van der Waals surface area contributed by atoms with E-state index in [9.17, 15) is 0 Å². The van der Waals surface area contributed by atoms with E-state index in [0.29, 0.717) is 0 Å². The molecule has 1 aliphatic carbocycles. The van der Waals surface area contributed by atoms with Gasteiger partial charge < -0.3 is 5.32 Å². The number of rotatable bonds is 3. The first-order valence-corrected chi connectivity index (χ1v) is 11.3. The lowest BCUT2D eigenvalue weighted by molar-refractivity contribution is 1.23. The molecule has 1 nitrogen and oxygen atoms in total. The summed E-state index contributed by atoms with van der Waals surface area (Å²) in [5.41, 5.74) is 13.3. The number of nitrogens with one attached hydrogen (secondary N) is 1. The fraction of sp³-hybridized carbons (Fsp3) is 0.0968. The topological polar surface area (TPSA) is 12.0 Å². The highest BCUT2D eigenvalue weighted by atomic mass is 14.9. The van der Waals surface area contributed by atoms with Gasteiger partial charge in [0.25, 0.3) is 0 Å². The van der Waals surface area contributed by atoms with Gasteiger partial charge >= 0.3 is 0 Å². The van der Waals surface area contributed by atoms with Crippen LogP contribution in [0.2, 0.25) is 0 Å². The van der Waals surface area contributed by atoms with Gasteiger partial charge in [0.05, 0.1) is 0 Å². The molecule has 32 heavy (non-hydrogen) atoms. The van der Waals surface area contributed by atoms with Crippen LogP contribution in [0, 0.1) is 13.8 Å². The predicted molar refractivity (Wildman–Crippen MR) is 137 cm³/mol. The Morgan fingerprint density at radius 3 is 2.22 bits per heavy atom. The first kappa shape index (κ1) is 18.9. The van der Waals surface area contributed by atoms with Crippen LogP contribution in [0.25, 0.3) is 33.0 Å². The molecule has 1 aliphatic rings. The minimum absolute atomic E-state index is 0.958. The molecule has 0 unspecified atom stereocenters. The van der Waals surface area contributed by atoms with Gasteiger partial charge in [0.2, 0.25) is 0 Å². The van der Waals surface area contributed by atoms with E-state index in [1.807, 2.05) is 0 Å². The lowest BCUT2D eigenvalue weighted by Crippen LogP contribution is -2.03. The van der Waals surface area contributed by atoms with Gasteiger partial charge in [-0.25, -0.2) is 0 Å². The molecule has 0 aromatic heterocycles. The molecule has 5 aromatic rings. The number of benzene rings is 5. The fourth-order valence-electron chi connectivity index (χ4n) is 5.25. The highest BCUT2D eigenvalue weighted by molar-refractivity contribution is 6.00. The molecule has 0 saturated carbocycles. The van der Waals surface area contributed by atoms with Crippen molar-refractivity contribution in [1.82, 2.24) is 0 Å². The van der Waals surface area contributed by atoms with Crippen molar-refractivity contribution in [3.63, 3.8) is 0 Å². The number of anilines is 2. The van der Waals surface area contributed by atoms with Crippen molar-refractivity contribution >= 4 is 22.1 Å². The number of hydrogen-bond acceptors (Lipinski definition) is 1. The average Bonchev–Trinajstić information content (AvgIpc) is 3.22. The van der Waals surface area contributed by atoms with Crippen LogP contribution in [0.4, 0.5) is 11.4 Å². The van der Waals surface area contributed by atoms with Gasteiger partial charge in [0.15, 0.2) is 0 Å². The van der Waals surface area contributed by atoms with Crippen molar-refractivity contribution in [2.75, 3.05) is 5.32 Å². The third kappa shape index (κ3) is 2.85. The maximum Gasteiger partial charge on any atom is 0.0464 e. The molecule has 1 N–H and O–H groups in total. The summed E-state index contributed by atoms with van der Waals surface area (Å²) in [6.45, 7) is 4.53. The first-order chi connectivity index (χ1) is 15.7. The monoisotopic (exact) mass is 411 g/mol. The van der Waals surface area contributed by atoms with Gasteiger partial charge in [-0.05, 0) is 69.8 Å². The van der Waals surface area contributed by atoms with E-state index in [4.69, 9.17) is 0 Å². The van der Waals surface area contributed by atoms with Gasteiger partial charge in [0.1, 0.15) is 0 Å². The normalized spacial score (nSPS) is 11.9. The van der Waals surface area contributed by atoms with Crippen molar-refractivity contribution < 1.29 is 0 Å². The molecule has 0 radical (unpaired) electrons. The Bertz CT molecular complexity index is 1470. The summed E-state index contributed by atoms with van der Waals surface area (Å²) in [5, 5.41) is 6.38. The van der Waals surface area contributed by atoms with Gasteiger partial charge in [-0.3, -0.25) is 0 Å². The van der Waals surface area contributed by atoms with E-state index in [1.165, 1.54) is 61.0 Å². The van der Waals surface area contributed by atoms with E-state index in [2.05, 4.69) is 116 Å². The second kappa shape index (κ2) is 7.39. The zero-order chi connectivity index (χ0) is 21.7. The van der Waals surface area contributed by atoms with Crippen LogP contribution in [0.3, 0.4) is 0 Å². The Balaban J connectivity index is 1.62. The number of hydrogen-bond donors (Lipinski definition) is 1. The molecule has 0 fully saturated rings. The summed E-state index contributed by atoms with van der Waals surface area (Å²) in [5.74, 6) is 0. The van der Waals surface area contributed by atoms with E-state index in [1.54, 1.807) is 0 Å². The molecule has 0 atom stereocenters. The predicted octanol–water partition coefficient (Wildman–Crippen LogP) is 8.44. The summed E-state index contributed by atoms with van der Waals surface area (Å²) in [7, 11) is 0. The van der Waals surface area contributed by atoms with Gasteiger partial charge in [-0.15, -0.1) is 0 Å². The zero-order valence-corrected chi connectivity index (χ0v) is 18.4. The number of fused-ring (bicyclic) bond motifs is 4. The molecule has 6 rings (SSSR count). The highest BCUT2D eigenvalue weighted by Gasteiger charge is 2.28. The van der Waals surface area contributed by atoms with E-state index >= 15 is 0 Å². The zero-order valence-electron chi connectivity index (χ0n) is 18.4. The summed E-state index contributed by atoms with van der Waals surface area (Å²) in [6, 6.07) is 34.8. The van der Waals surface area contributed by atoms with E-state index < -0.39 is 0 Å². The summed E-state index contributed by atoms with van der Waals surface area (Å²) in [4.78, 5) is 0. The Labute approximate surface area is 189 Å². The Morgan fingerprint density at radius 1 is 0.625 bits per heavy atom. The molecule has 5 aromatic carbocycles. The molecule has 0 aliphatic heterocycles. The Kier molecular flexibility index (Phi) is 4.36. The smallest absolute Gasteiger partial charge is 0.0464 e. The van der Waals surface area contributed by atoms with Crippen LogP contribution in [0.1, 0.15) is 22.3 Å². The second-order valence-corrected chi connectivity index (χ2v) is 8.71. The molecule has 0 heterocycles. The molecular weight excluding hydrogens is 386 g/mol. The molecule has 0 amide bonds. The van der Waals surface area contributed by atoms with E-state index in [-0.39, 0.29) is 0 Å². The largest absolute Gasteiger partial charge is 0.355 e. The van der Waals surface area contributed by atoms with E-state index in [0.717, 1.165) is 12.1 Å². The molecule has 154 valence electrons.